The molecule has 3 aromatic carbocycles. The van der Waals surface area contributed by atoms with Gasteiger partial charge in [-0.1, -0.05) is 41.9 Å². The SMILES string of the molecule is Cc1ccccc1NC(=O)/C(C#N)=C\c1cc(Cl)c(OCc2cccc(F)c2)c(Br)c1. The molecule has 0 saturated heterocycles. The highest BCUT2D eigenvalue weighted by Crippen LogP contribution is 2.35. The number of benzene rings is 3. The molecule has 0 aliphatic carbocycles. The molecule has 0 atom stereocenters. The first-order valence-electron chi connectivity index (χ1n) is 9.22. The first kappa shape index (κ1) is 22.5. The van der Waals surface area contributed by atoms with E-state index in [1.54, 1.807) is 36.4 Å². The Bertz CT molecular complexity index is 1180. The highest BCUT2D eigenvalue weighted by molar-refractivity contribution is 9.10. The Morgan fingerprint density at radius 3 is 2.68 bits per heavy atom. The smallest absolute Gasteiger partial charge is 0.266 e. The third kappa shape index (κ3) is 5.94. The molecule has 0 unspecified atom stereocenters. The lowest BCUT2D eigenvalue weighted by Gasteiger charge is -2.12. The van der Waals surface area contributed by atoms with Crippen LogP contribution in [0.3, 0.4) is 0 Å². The number of para-hydroxylation sites is 1. The number of nitrogens with zero attached hydrogens (tertiary/aromatic N) is 1. The fourth-order valence-corrected chi connectivity index (χ4v) is 3.79. The van der Waals surface area contributed by atoms with E-state index in [-0.39, 0.29) is 23.0 Å². The van der Waals surface area contributed by atoms with Crippen LogP contribution in [0.2, 0.25) is 5.02 Å². The van der Waals surface area contributed by atoms with E-state index in [4.69, 9.17) is 16.3 Å². The minimum atomic E-state index is -0.518. The number of aryl methyl sites for hydroxylation is 1. The predicted molar refractivity (Wildman–Crippen MR) is 123 cm³/mol. The Kier molecular flexibility index (Phi) is 7.45. The predicted octanol–water partition coefficient (Wildman–Crippen LogP) is 6.67. The summed E-state index contributed by atoms with van der Waals surface area (Å²) in [5, 5.41) is 12.5. The van der Waals surface area contributed by atoms with Crippen molar-refractivity contribution in [2.24, 2.45) is 0 Å². The second-order valence-corrected chi connectivity index (χ2v) is 7.93. The van der Waals surface area contributed by atoms with E-state index in [2.05, 4.69) is 21.2 Å². The van der Waals surface area contributed by atoms with Crippen LogP contribution in [-0.2, 0) is 11.4 Å². The van der Waals surface area contributed by atoms with Gasteiger partial charge < -0.3 is 10.1 Å². The van der Waals surface area contributed by atoms with Crippen LogP contribution in [0, 0.1) is 24.1 Å². The van der Waals surface area contributed by atoms with Gasteiger partial charge in [0, 0.05) is 5.69 Å². The lowest BCUT2D eigenvalue weighted by molar-refractivity contribution is -0.112. The van der Waals surface area contributed by atoms with Gasteiger partial charge >= 0.3 is 0 Å². The van der Waals surface area contributed by atoms with E-state index in [0.717, 1.165) is 5.56 Å². The number of anilines is 1. The third-order valence-corrected chi connectivity index (χ3v) is 5.23. The Labute approximate surface area is 193 Å². The van der Waals surface area contributed by atoms with Crippen LogP contribution in [0.4, 0.5) is 10.1 Å². The number of nitriles is 1. The third-order valence-electron chi connectivity index (χ3n) is 4.36. The maximum absolute atomic E-state index is 13.3. The van der Waals surface area contributed by atoms with E-state index < -0.39 is 5.91 Å². The average molecular weight is 500 g/mol. The van der Waals surface area contributed by atoms with Crippen LogP contribution < -0.4 is 10.1 Å². The molecule has 1 amide bonds. The summed E-state index contributed by atoms with van der Waals surface area (Å²) in [6.07, 6.45) is 1.45. The molecule has 0 spiro atoms. The summed E-state index contributed by atoms with van der Waals surface area (Å²) in [5.41, 5.74) is 2.66. The molecular weight excluding hydrogens is 483 g/mol. The minimum Gasteiger partial charge on any atom is -0.486 e. The van der Waals surface area contributed by atoms with E-state index >= 15 is 0 Å². The molecule has 0 saturated carbocycles. The standard InChI is InChI=1S/C24H17BrClFN2O2/c1-15-5-2-3-8-22(15)29-24(30)18(13-28)9-17-11-20(25)23(21(26)12-17)31-14-16-6-4-7-19(27)10-16/h2-12H,14H2,1H3,(H,29,30)/b18-9-. The highest BCUT2D eigenvalue weighted by Gasteiger charge is 2.13. The molecule has 0 aliphatic heterocycles. The number of hydrogen-bond acceptors (Lipinski definition) is 3. The van der Waals surface area contributed by atoms with Crippen molar-refractivity contribution >= 4 is 45.2 Å². The Hall–Kier alpha value is -3.14. The van der Waals surface area contributed by atoms with Gasteiger partial charge in [-0.05, 0) is 76.0 Å². The topological polar surface area (TPSA) is 62.1 Å². The number of halogens is 3. The molecule has 0 aromatic heterocycles. The number of carbonyl (C=O) groups is 1. The summed E-state index contributed by atoms with van der Waals surface area (Å²) < 4.78 is 19.6. The van der Waals surface area contributed by atoms with Gasteiger partial charge in [-0.2, -0.15) is 5.26 Å². The van der Waals surface area contributed by atoms with Crippen molar-refractivity contribution in [2.45, 2.75) is 13.5 Å². The molecule has 0 fully saturated rings. The Morgan fingerprint density at radius 1 is 1.23 bits per heavy atom. The molecule has 0 radical (unpaired) electrons. The first-order chi connectivity index (χ1) is 14.9. The molecule has 0 bridgehead atoms. The molecule has 0 aliphatic rings. The average Bonchev–Trinajstić information content (AvgIpc) is 2.73. The molecule has 156 valence electrons. The molecule has 3 aromatic rings. The monoisotopic (exact) mass is 498 g/mol. The number of nitrogens with one attached hydrogen (secondary N) is 1. The van der Waals surface area contributed by atoms with Crippen LogP contribution in [-0.4, -0.2) is 5.91 Å². The highest BCUT2D eigenvalue weighted by atomic mass is 79.9. The van der Waals surface area contributed by atoms with Gasteiger partial charge in [0.1, 0.15) is 24.1 Å². The molecule has 7 heteroatoms. The Morgan fingerprint density at radius 2 is 2.00 bits per heavy atom. The van der Waals surface area contributed by atoms with Gasteiger partial charge in [0.05, 0.1) is 9.50 Å². The maximum atomic E-state index is 13.3. The second-order valence-electron chi connectivity index (χ2n) is 6.67. The van der Waals surface area contributed by atoms with Gasteiger partial charge in [0.2, 0.25) is 0 Å². The van der Waals surface area contributed by atoms with Crippen molar-refractivity contribution in [3.8, 4) is 11.8 Å². The van der Waals surface area contributed by atoms with Gasteiger partial charge in [-0.15, -0.1) is 0 Å². The minimum absolute atomic E-state index is 0.0698. The zero-order chi connectivity index (χ0) is 22.4. The van der Waals surface area contributed by atoms with Crippen molar-refractivity contribution in [3.63, 3.8) is 0 Å². The van der Waals surface area contributed by atoms with Crippen molar-refractivity contribution in [1.29, 1.82) is 5.26 Å². The normalized spacial score (nSPS) is 11.0. The molecule has 4 nitrogen and oxygen atoms in total. The Balaban J connectivity index is 1.78. The van der Waals surface area contributed by atoms with Crippen molar-refractivity contribution in [3.05, 3.63) is 98.2 Å². The molecule has 1 N–H and O–H groups in total. The summed E-state index contributed by atoms with van der Waals surface area (Å²) in [4.78, 5) is 12.5. The summed E-state index contributed by atoms with van der Waals surface area (Å²) in [7, 11) is 0. The van der Waals surface area contributed by atoms with Gasteiger partial charge in [-0.3, -0.25) is 4.79 Å². The largest absolute Gasteiger partial charge is 0.486 e. The second kappa shape index (κ2) is 10.3. The van der Waals surface area contributed by atoms with E-state index in [9.17, 15) is 14.4 Å². The summed E-state index contributed by atoms with van der Waals surface area (Å²) in [5.74, 6) is -0.485. The van der Waals surface area contributed by atoms with Gasteiger partial charge in [-0.25, -0.2) is 4.39 Å². The molecule has 31 heavy (non-hydrogen) atoms. The quantitative estimate of drug-likeness (QED) is 0.304. The van der Waals surface area contributed by atoms with Crippen LogP contribution >= 0.6 is 27.5 Å². The zero-order valence-electron chi connectivity index (χ0n) is 16.5. The molecule has 0 heterocycles. The first-order valence-corrected chi connectivity index (χ1v) is 10.4. The van der Waals surface area contributed by atoms with Gasteiger partial charge in [0.15, 0.2) is 5.75 Å². The van der Waals surface area contributed by atoms with Crippen LogP contribution in [0.1, 0.15) is 16.7 Å². The lowest BCUT2D eigenvalue weighted by atomic mass is 10.1. The number of rotatable bonds is 6. The van der Waals surface area contributed by atoms with E-state index in [1.165, 1.54) is 18.2 Å². The number of amides is 1. The molecule has 3 rings (SSSR count). The number of carbonyl (C=O) groups excluding carboxylic acids is 1. The van der Waals surface area contributed by atoms with Crippen molar-refractivity contribution in [1.82, 2.24) is 0 Å². The summed E-state index contributed by atoms with van der Waals surface area (Å²) in [6.45, 7) is 2.00. The zero-order valence-corrected chi connectivity index (χ0v) is 18.8. The fourth-order valence-electron chi connectivity index (χ4n) is 2.80. The number of hydrogen-bond donors (Lipinski definition) is 1. The molecular formula is C24H17BrClFN2O2. The fraction of sp³-hybridized carbons (Fsp3) is 0.0833. The van der Waals surface area contributed by atoms with Crippen molar-refractivity contribution in [2.75, 3.05) is 5.32 Å². The van der Waals surface area contributed by atoms with Crippen LogP contribution in [0.25, 0.3) is 6.08 Å². The summed E-state index contributed by atoms with van der Waals surface area (Å²) >= 11 is 9.75. The number of ether oxygens (including phenoxy) is 1. The van der Waals surface area contributed by atoms with E-state index in [0.29, 0.717) is 27.0 Å². The summed E-state index contributed by atoms with van der Waals surface area (Å²) in [6, 6.07) is 18.6. The lowest BCUT2D eigenvalue weighted by Crippen LogP contribution is -2.14. The van der Waals surface area contributed by atoms with Crippen LogP contribution in [0.15, 0.2) is 70.7 Å². The van der Waals surface area contributed by atoms with Crippen LogP contribution in [0.5, 0.6) is 5.75 Å². The van der Waals surface area contributed by atoms with E-state index in [1.807, 2.05) is 25.1 Å². The van der Waals surface area contributed by atoms with Gasteiger partial charge in [0.25, 0.3) is 5.91 Å². The van der Waals surface area contributed by atoms with Crippen molar-refractivity contribution < 1.29 is 13.9 Å². The maximum Gasteiger partial charge on any atom is 0.266 e.